The Labute approximate surface area is 168 Å². The number of imidazole rings is 1. The summed E-state index contributed by atoms with van der Waals surface area (Å²) in [6, 6.07) is 6.28. The molecule has 1 atom stereocenters. The van der Waals surface area contributed by atoms with Crippen molar-refractivity contribution in [2.45, 2.75) is 19.9 Å². The highest BCUT2D eigenvalue weighted by molar-refractivity contribution is 7.92. The Balaban J connectivity index is 1.94. The van der Waals surface area contributed by atoms with Crippen molar-refractivity contribution in [3.8, 4) is 5.95 Å². The van der Waals surface area contributed by atoms with Crippen molar-refractivity contribution in [3.63, 3.8) is 0 Å². The first-order valence-corrected chi connectivity index (χ1v) is 11.6. The summed E-state index contributed by atoms with van der Waals surface area (Å²) in [5.41, 5.74) is 1.21. The fourth-order valence-corrected chi connectivity index (χ4v) is 3.97. The van der Waals surface area contributed by atoms with Crippen LogP contribution in [0.4, 0.5) is 16.0 Å². The van der Waals surface area contributed by atoms with Gasteiger partial charge in [-0.05, 0) is 26.0 Å². The molecule has 1 aromatic carbocycles. The van der Waals surface area contributed by atoms with Crippen LogP contribution in [0.15, 0.2) is 28.6 Å². The van der Waals surface area contributed by atoms with Crippen LogP contribution in [0.5, 0.6) is 0 Å². The van der Waals surface area contributed by atoms with Crippen molar-refractivity contribution in [3.05, 3.63) is 35.9 Å². The zero-order valence-electron chi connectivity index (χ0n) is 16.8. The molecule has 154 valence electrons. The molecule has 10 heteroatoms. The predicted molar refractivity (Wildman–Crippen MR) is 111 cm³/mol. The van der Waals surface area contributed by atoms with Crippen molar-refractivity contribution in [2.24, 2.45) is 4.36 Å². The molecule has 1 aliphatic heterocycles. The van der Waals surface area contributed by atoms with Crippen molar-refractivity contribution < 1.29 is 13.3 Å². The maximum atomic E-state index is 13.6. The van der Waals surface area contributed by atoms with Gasteiger partial charge in [-0.3, -0.25) is 4.57 Å². The number of ether oxygens (including phenoxy) is 1. The monoisotopic (exact) mass is 418 g/mol. The summed E-state index contributed by atoms with van der Waals surface area (Å²) in [6.07, 6.45) is 3.12. The summed E-state index contributed by atoms with van der Waals surface area (Å²) in [5, 5.41) is 0. The van der Waals surface area contributed by atoms with Gasteiger partial charge < -0.3 is 9.64 Å². The van der Waals surface area contributed by atoms with E-state index < -0.39 is 9.73 Å². The largest absolute Gasteiger partial charge is 0.377 e. The smallest absolute Gasteiger partial charge is 0.239 e. The zero-order chi connectivity index (χ0) is 20.8. The lowest BCUT2D eigenvalue weighted by atomic mass is 10.2. The van der Waals surface area contributed by atoms with Crippen molar-refractivity contribution in [2.75, 3.05) is 37.2 Å². The highest BCUT2D eigenvalue weighted by atomic mass is 32.2. The third kappa shape index (κ3) is 4.08. The van der Waals surface area contributed by atoms with Gasteiger partial charge in [0.05, 0.1) is 30.3 Å². The van der Waals surface area contributed by atoms with E-state index >= 15 is 0 Å². The Morgan fingerprint density at radius 3 is 2.76 bits per heavy atom. The van der Waals surface area contributed by atoms with Gasteiger partial charge in [-0.25, -0.2) is 13.6 Å². The first-order chi connectivity index (χ1) is 13.7. The SMILES string of the molecule is Cc1nc2cc(F)ccc2n1-c1nc(N=S(C)(C)=O)cc(N2CCOC[C@H]2C)n1. The van der Waals surface area contributed by atoms with Crippen molar-refractivity contribution in [1.29, 1.82) is 0 Å². The number of fused-ring (bicyclic) bond motifs is 1. The maximum Gasteiger partial charge on any atom is 0.239 e. The quantitative estimate of drug-likeness (QED) is 0.650. The topological polar surface area (TPSA) is 85.5 Å². The summed E-state index contributed by atoms with van der Waals surface area (Å²) in [5.74, 6) is 1.64. The minimum absolute atomic E-state index is 0.127. The lowest BCUT2D eigenvalue weighted by molar-refractivity contribution is 0.0985. The van der Waals surface area contributed by atoms with Gasteiger partial charge >= 0.3 is 0 Å². The van der Waals surface area contributed by atoms with Crippen LogP contribution >= 0.6 is 0 Å². The average Bonchev–Trinajstić information content (AvgIpc) is 2.95. The van der Waals surface area contributed by atoms with Crippen LogP contribution in [0, 0.1) is 12.7 Å². The minimum Gasteiger partial charge on any atom is -0.377 e. The molecule has 0 amide bonds. The first kappa shape index (κ1) is 19.7. The van der Waals surface area contributed by atoms with Crippen LogP contribution in [0.3, 0.4) is 0 Å². The molecule has 1 saturated heterocycles. The standard InChI is InChI=1S/C19H23FN6O2S/c1-12-11-28-8-7-25(12)18-10-17(24-29(3,4)27)22-19(23-18)26-13(2)21-15-9-14(20)5-6-16(15)26/h5-6,9-10,12H,7-8,11H2,1-4H3/t12-/m1/s1. The molecular formula is C19H23FN6O2S. The molecule has 0 unspecified atom stereocenters. The van der Waals surface area contributed by atoms with Gasteiger partial charge in [0.2, 0.25) is 5.95 Å². The number of aryl methyl sites for hydroxylation is 1. The third-order valence-corrected chi connectivity index (χ3v) is 5.27. The fourth-order valence-electron chi connectivity index (χ4n) is 3.42. The Bertz CT molecular complexity index is 1190. The van der Waals surface area contributed by atoms with E-state index in [9.17, 15) is 8.60 Å². The van der Waals surface area contributed by atoms with Crippen LogP contribution < -0.4 is 4.90 Å². The second kappa shape index (κ2) is 7.34. The van der Waals surface area contributed by atoms with E-state index in [1.165, 1.54) is 12.1 Å². The number of anilines is 1. The normalized spacial score (nSPS) is 17.7. The summed E-state index contributed by atoms with van der Waals surface area (Å²) in [4.78, 5) is 15.8. The highest BCUT2D eigenvalue weighted by Gasteiger charge is 2.23. The molecular weight excluding hydrogens is 395 g/mol. The summed E-state index contributed by atoms with van der Waals surface area (Å²) < 4.78 is 37.5. The van der Waals surface area contributed by atoms with E-state index in [0.717, 1.165) is 0 Å². The van der Waals surface area contributed by atoms with Crippen molar-refractivity contribution >= 4 is 32.4 Å². The molecule has 2 aromatic heterocycles. The average molecular weight is 418 g/mol. The van der Waals surface area contributed by atoms with E-state index in [-0.39, 0.29) is 11.9 Å². The zero-order valence-corrected chi connectivity index (χ0v) is 17.6. The molecule has 0 radical (unpaired) electrons. The van der Waals surface area contributed by atoms with Crippen LogP contribution in [-0.2, 0) is 14.5 Å². The van der Waals surface area contributed by atoms with E-state index in [0.29, 0.717) is 54.2 Å². The van der Waals surface area contributed by atoms with Crippen LogP contribution in [0.1, 0.15) is 12.7 Å². The summed E-state index contributed by atoms with van der Waals surface area (Å²) >= 11 is 0. The number of hydrogen-bond donors (Lipinski definition) is 0. The van der Waals surface area contributed by atoms with E-state index in [1.54, 1.807) is 29.2 Å². The van der Waals surface area contributed by atoms with Crippen molar-refractivity contribution in [1.82, 2.24) is 19.5 Å². The summed E-state index contributed by atoms with van der Waals surface area (Å²) in [7, 11) is -2.41. The molecule has 1 aliphatic rings. The van der Waals surface area contributed by atoms with Gasteiger partial charge in [-0.2, -0.15) is 14.3 Å². The number of aromatic nitrogens is 4. The molecule has 0 bridgehead atoms. The van der Waals surface area contributed by atoms with E-state index in [2.05, 4.69) is 26.2 Å². The molecule has 0 aliphatic carbocycles. The summed E-state index contributed by atoms with van der Waals surface area (Å²) in [6.45, 7) is 5.74. The number of benzene rings is 1. The van der Waals surface area contributed by atoms with Gasteiger partial charge in [0.15, 0.2) is 5.82 Å². The Kier molecular flexibility index (Phi) is 4.99. The molecule has 0 spiro atoms. The van der Waals surface area contributed by atoms with E-state index in [1.807, 2.05) is 6.92 Å². The Morgan fingerprint density at radius 2 is 2.03 bits per heavy atom. The molecule has 3 heterocycles. The first-order valence-electron chi connectivity index (χ1n) is 9.27. The third-order valence-electron chi connectivity index (χ3n) is 4.65. The number of halogens is 1. The Morgan fingerprint density at radius 1 is 1.24 bits per heavy atom. The van der Waals surface area contributed by atoms with Gasteiger partial charge in [0.25, 0.3) is 0 Å². The van der Waals surface area contributed by atoms with Gasteiger partial charge in [-0.15, -0.1) is 0 Å². The lowest BCUT2D eigenvalue weighted by Crippen LogP contribution is -2.44. The highest BCUT2D eigenvalue weighted by Crippen LogP contribution is 2.27. The molecule has 4 rings (SSSR count). The van der Waals surface area contributed by atoms with Gasteiger partial charge in [-0.1, -0.05) is 0 Å². The lowest BCUT2D eigenvalue weighted by Gasteiger charge is -2.34. The van der Waals surface area contributed by atoms with E-state index in [4.69, 9.17) is 9.72 Å². The van der Waals surface area contributed by atoms with Crippen LogP contribution in [0.25, 0.3) is 17.0 Å². The second-order valence-electron chi connectivity index (χ2n) is 7.40. The minimum atomic E-state index is -2.41. The van der Waals surface area contributed by atoms with Gasteiger partial charge in [0.1, 0.15) is 17.5 Å². The Hall–Kier alpha value is -2.59. The van der Waals surface area contributed by atoms with Crippen LogP contribution in [-0.4, -0.2) is 62.0 Å². The number of rotatable bonds is 3. The number of hydrogen-bond acceptors (Lipinski definition) is 7. The molecule has 3 aromatic rings. The number of nitrogens with zero attached hydrogens (tertiary/aromatic N) is 6. The molecule has 0 N–H and O–H groups in total. The maximum absolute atomic E-state index is 13.6. The molecule has 1 fully saturated rings. The molecule has 8 nitrogen and oxygen atoms in total. The molecule has 0 saturated carbocycles. The van der Waals surface area contributed by atoms with Crippen LogP contribution in [0.2, 0.25) is 0 Å². The fraction of sp³-hybridized carbons (Fsp3) is 0.421. The second-order valence-corrected chi connectivity index (χ2v) is 9.95. The predicted octanol–water partition coefficient (Wildman–Crippen LogP) is 2.85. The molecule has 29 heavy (non-hydrogen) atoms. The van der Waals surface area contributed by atoms with Gasteiger partial charge in [0, 0.05) is 40.9 Å². The number of morpholine rings is 1.